The van der Waals surface area contributed by atoms with E-state index in [1.54, 1.807) is 11.4 Å². The normalized spacial score (nSPS) is 22.5. The summed E-state index contributed by atoms with van der Waals surface area (Å²) >= 11 is 4.29. The fourth-order valence-electron chi connectivity index (χ4n) is 1.97. The molecule has 108 valence electrons. The molecule has 1 saturated heterocycles. The lowest BCUT2D eigenvalue weighted by molar-refractivity contribution is 0.346. The summed E-state index contributed by atoms with van der Waals surface area (Å²) in [5.41, 5.74) is 0. The van der Waals surface area contributed by atoms with Gasteiger partial charge in [0.05, 0.1) is 5.25 Å². The largest absolute Gasteiger partial charge is 0.253 e. The van der Waals surface area contributed by atoms with Crippen molar-refractivity contribution in [3.8, 4) is 0 Å². The first-order valence-corrected chi connectivity index (χ1v) is 10.2. The fourth-order valence-corrected chi connectivity index (χ4v) is 6.92. The van der Waals surface area contributed by atoms with E-state index < -0.39 is 25.3 Å². The molecule has 1 unspecified atom stereocenters. The smallest absolute Gasteiger partial charge is 0.228 e. The molecule has 6 nitrogen and oxygen atoms in total. The number of primary sulfonamides is 1. The van der Waals surface area contributed by atoms with Crippen LogP contribution in [0.3, 0.4) is 0 Å². The van der Waals surface area contributed by atoms with Gasteiger partial charge in [0, 0.05) is 17.6 Å². The molecule has 19 heavy (non-hydrogen) atoms. The van der Waals surface area contributed by atoms with Crippen LogP contribution in [0.4, 0.5) is 0 Å². The van der Waals surface area contributed by atoms with Crippen molar-refractivity contribution in [3.63, 3.8) is 0 Å². The van der Waals surface area contributed by atoms with Gasteiger partial charge in [-0.2, -0.15) is 4.31 Å². The van der Waals surface area contributed by atoms with Crippen LogP contribution in [0, 0.1) is 0 Å². The summed E-state index contributed by atoms with van der Waals surface area (Å²) in [6.45, 7) is 0.240. The second-order valence-electron chi connectivity index (χ2n) is 4.27. The maximum Gasteiger partial charge on any atom is 0.253 e. The zero-order chi connectivity index (χ0) is 14.3. The fraction of sp³-hybridized carbons (Fsp3) is 0.556. The molecule has 0 saturated carbocycles. The van der Waals surface area contributed by atoms with Gasteiger partial charge in [-0.1, -0.05) is 0 Å². The summed E-state index contributed by atoms with van der Waals surface area (Å²) in [6.07, 6.45) is 0.889. The Balaban J connectivity index is 2.30. The second-order valence-corrected chi connectivity index (χ2v) is 10.0. The Kier molecular flexibility index (Phi) is 4.38. The maximum absolute atomic E-state index is 12.4. The lowest BCUT2D eigenvalue weighted by atomic mass is 10.2. The minimum atomic E-state index is -3.71. The molecule has 1 aromatic rings. The van der Waals surface area contributed by atoms with Gasteiger partial charge in [-0.3, -0.25) is 0 Å². The van der Waals surface area contributed by atoms with Gasteiger partial charge in [0.25, 0.3) is 10.0 Å². The van der Waals surface area contributed by atoms with E-state index in [4.69, 9.17) is 5.14 Å². The van der Waals surface area contributed by atoms with Crippen molar-refractivity contribution in [2.24, 2.45) is 5.14 Å². The van der Waals surface area contributed by atoms with Gasteiger partial charge in [-0.25, -0.2) is 22.0 Å². The first-order chi connectivity index (χ1) is 8.73. The highest BCUT2D eigenvalue weighted by Gasteiger charge is 2.36. The van der Waals surface area contributed by atoms with E-state index in [0.717, 1.165) is 11.3 Å². The van der Waals surface area contributed by atoms with Crippen LogP contribution in [-0.2, 0) is 20.0 Å². The van der Waals surface area contributed by atoms with Crippen LogP contribution in [0.15, 0.2) is 20.1 Å². The lowest BCUT2D eigenvalue weighted by Gasteiger charge is -2.30. The van der Waals surface area contributed by atoms with E-state index in [2.05, 4.69) is 15.9 Å². The molecule has 10 heteroatoms. The van der Waals surface area contributed by atoms with Crippen LogP contribution in [-0.4, -0.2) is 39.5 Å². The summed E-state index contributed by atoms with van der Waals surface area (Å²) in [5, 5.41) is 5.95. The van der Waals surface area contributed by atoms with Crippen molar-refractivity contribution < 1.29 is 16.8 Å². The van der Waals surface area contributed by atoms with Crippen molar-refractivity contribution in [1.29, 1.82) is 0 Å². The number of piperidine rings is 1. The van der Waals surface area contributed by atoms with Crippen LogP contribution in [0.25, 0.3) is 0 Å². The number of hydrogen-bond acceptors (Lipinski definition) is 5. The lowest BCUT2D eigenvalue weighted by Crippen LogP contribution is -2.46. The second kappa shape index (κ2) is 5.41. The third-order valence-electron chi connectivity index (χ3n) is 2.96. The Morgan fingerprint density at radius 3 is 2.58 bits per heavy atom. The molecule has 0 aromatic carbocycles. The summed E-state index contributed by atoms with van der Waals surface area (Å²) in [6, 6.07) is 1.65. The van der Waals surface area contributed by atoms with Crippen LogP contribution in [0.2, 0.25) is 0 Å². The van der Waals surface area contributed by atoms with Gasteiger partial charge in [-0.05, 0) is 40.2 Å². The van der Waals surface area contributed by atoms with E-state index in [0.29, 0.717) is 23.9 Å². The number of rotatable bonds is 3. The molecule has 0 spiro atoms. The Bertz CT molecular complexity index is 667. The molecule has 2 rings (SSSR count). The van der Waals surface area contributed by atoms with E-state index in [1.807, 2.05) is 0 Å². The maximum atomic E-state index is 12.4. The number of thiophene rings is 1. The Labute approximate surface area is 124 Å². The highest BCUT2D eigenvalue weighted by Crippen LogP contribution is 2.32. The molecule has 1 aromatic heterocycles. The Hall–Kier alpha value is -0.000000000000000111. The van der Waals surface area contributed by atoms with E-state index >= 15 is 0 Å². The standard InChI is InChI=1S/C9H13BrN2O4S3/c10-8-3-5-17-9(8)19(15,16)12-4-1-2-7(6-12)18(11,13)14/h3,5,7H,1-2,4,6H2,(H2,11,13,14). The molecule has 0 amide bonds. The zero-order valence-corrected chi connectivity index (χ0v) is 13.9. The van der Waals surface area contributed by atoms with Crippen LogP contribution in [0.5, 0.6) is 0 Å². The molecule has 0 aliphatic carbocycles. The first-order valence-electron chi connectivity index (χ1n) is 5.47. The first kappa shape index (κ1) is 15.4. The van der Waals surface area contributed by atoms with Crippen LogP contribution < -0.4 is 5.14 Å². The third-order valence-corrected chi connectivity index (χ3v) is 8.79. The number of nitrogens with zero attached hydrogens (tertiary/aromatic N) is 1. The number of halogens is 1. The molecule has 0 bridgehead atoms. The van der Waals surface area contributed by atoms with Crippen LogP contribution >= 0.6 is 27.3 Å². The summed E-state index contributed by atoms with van der Waals surface area (Å²) in [4.78, 5) is 0. The topological polar surface area (TPSA) is 97.5 Å². The van der Waals surface area contributed by atoms with Crippen LogP contribution in [0.1, 0.15) is 12.8 Å². The Morgan fingerprint density at radius 2 is 2.05 bits per heavy atom. The molecule has 2 N–H and O–H groups in total. The minimum Gasteiger partial charge on any atom is -0.228 e. The molecule has 1 fully saturated rings. The van der Waals surface area contributed by atoms with Gasteiger partial charge in [0.1, 0.15) is 4.21 Å². The number of hydrogen-bond donors (Lipinski definition) is 1. The van der Waals surface area contributed by atoms with Crippen molar-refractivity contribution in [2.75, 3.05) is 13.1 Å². The average Bonchev–Trinajstić information content (AvgIpc) is 2.75. The van der Waals surface area contributed by atoms with E-state index in [9.17, 15) is 16.8 Å². The van der Waals surface area contributed by atoms with Gasteiger partial charge in [0.15, 0.2) is 0 Å². The molecular formula is C9H13BrN2O4S3. The summed E-state index contributed by atoms with van der Waals surface area (Å²) < 4.78 is 49.4. The average molecular weight is 389 g/mol. The number of nitrogens with two attached hydrogens (primary N) is 1. The summed E-state index contributed by atoms with van der Waals surface area (Å²) in [5.74, 6) is 0. The third kappa shape index (κ3) is 3.19. The highest BCUT2D eigenvalue weighted by atomic mass is 79.9. The monoisotopic (exact) mass is 388 g/mol. The zero-order valence-electron chi connectivity index (χ0n) is 9.82. The van der Waals surface area contributed by atoms with Crippen molar-refractivity contribution >= 4 is 47.3 Å². The van der Waals surface area contributed by atoms with E-state index in [-0.39, 0.29) is 10.8 Å². The molecule has 1 aliphatic rings. The van der Waals surface area contributed by atoms with Crippen molar-refractivity contribution in [3.05, 3.63) is 15.9 Å². The van der Waals surface area contributed by atoms with Crippen molar-refractivity contribution in [1.82, 2.24) is 4.31 Å². The predicted molar refractivity (Wildman–Crippen MR) is 76.9 cm³/mol. The Morgan fingerprint density at radius 1 is 1.37 bits per heavy atom. The van der Waals surface area contributed by atoms with Gasteiger partial charge in [-0.15, -0.1) is 11.3 Å². The highest BCUT2D eigenvalue weighted by molar-refractivity contribution is 9.10. The van der Waals surface area contributed by atoms with Gasteiger partial charge >= 0.3 is 0 Å². The molecule has 1 atom stereocenters. The SMILES string of the molecule is NS(=O)(=O)C1CCCN(S(=O)(=O)c2sccc2Br)C1. The van der Waals surface area contributed by atoms with Crippen molar-refractivity contribution in [2.45, 2.75) is 22.3 Å². The summed E-state index contributed by atoms with van der Waals surface area (Å²) in [7, 11) is -7.37. The molecule has 1 aliphatic heterocycles. The predicted octanol–water partition coefficient (Wildman–Crippen LogP) is 0.952. The molecule has 2 heterocycles. The molecule has 0 radical (unpaired) electrons. The quantitative estimate of drug-likeness (QED) is 0.832. The number of sulfonamides is 2. The van der Waals surface area contributed by atoms with Gasteiger partial charge in [0.2, 0.25) is 10.0 Å². The van der Waals surface area contributed by atoms with E-state index in [1.165, 1.54) is 4.31 Å². The minimum absolute atomic E-state index is 0.0779. The molecular weight excluding hydrogens is 376 g/mol. The van der Waals surface area contributed by atoms with Gasteiger partial charge < -0.3 is 0 Å².